The highest BCUT2D eigenvalue weighted by molar-refractivity contribution is 5.79. The van der Waals surface area contributed by atoms with Gasteiger partial charge in [-0.3, -0.25) is 13.9 Å². The molecule has 1 N–H and O–H groups in total. The molecule has 1 aliphatic carbocycles. The first kappa shape index (κ1) is 16.3. The average Bonchev–Trinajstić information content (AvgIpc) is 3.35. The summed E-state index contributed by atoms with van der Waals surface area (Å²) in [6.45, 7) is 1.29. The molecule has 3 heterocycles. The Balaban J connectivity index is 1.57. The number of carbonyl (C=O) groups is 1. The number of imidazole rings is 1. The van der Waals surface area contributed by atoms with Crippen molar-refractivity contribution >= 4 is 17.1 Å². The zero-order chi connectivity index (χ0) is 17.2. The maximum absolute atomic E-state index is 13.0. The van der Waals surface area contributed by atoms with Gasteiger partial charge in [0.05, 0.1) is 11.6 Å². The molecule has 7 heteroatoms. The van der Waals surface area contributed by atoms with Gasteiger partial charge in [-0.1, -0.05) is 12.8 Å². The van der Waals surface area contributed by atoms with E-state index >= 15 is 0 Å². The summed E-state index contributed by atoms with van der Waals surface area (Å²) in [4.78, 5) is 29.7. The number of hydrogen-bond donors (Lipinski definition) is 1. The Morgan fingerprint density at radius 1 is 1.28 bits per heavy atom. The van der Waals surface area contributed by atoms with Gasteiger partial charge in [-0.05, 0) is 37.8 Å². The summed E-state index contributed by atoms with van der Waals surface area (Å²) in [5, 5.41) is 2.89. The van der Waals surface area contributed by atoms with Crippen LogP contribution in [-0.4, -0.2) is 39.3 Å². The number of pyridine rings is 1. The van der Waals surface area contributed by atoms with Gasteiger partial charge >= 0.3 is 5.69 Å². The second kappa shape index (κ2) is 7.00. The molecule has 2 aliphatic rings. The number of nitrogens with zero attached hydrogens (tertiary/aromatic N) is 3. The normalized spacial score (nSPS) is 21.2. The van der Waals surface area contributed by atoms with Gasteiger partial charge in [-0.15, -0.1) is 0 Å². The zero-order valence-corrected chi connectivity index (χ0v) is 14.3. The third kappa shape index (κ3) is 3.20. The first-order valence-corrected chi connectivity index (χ1v) is 9.18. The molecule has 0 spiro atoms. The highest BCUT2D eigenvalue weighted by Crippen LogP contribution is 2.30. The fourth-order valence-corrected chi connectivity index (χ4v) is 3.99. The van der Waals surface area contributed by atoms with E-state index in [9.17, 15) is 9.59 Å². The maximum Gasteiger partial charge on any atom is 0.331 e. The zero-order valence-electron chi connectivity index (χ0n) is 14.3. The highest BCUT2D eigenvalue weighted by atomic mass is 16.5. The number of amides is 1. The van der Waals surface area contributed by atoms with E-state index in [-0.39, 0.29) is 30.3 Å². The average molecular weight is 344 g/mol. The highest BCUT2D eigenvalue weighted by Gasteiger charge is 2.25. The lowest BCUT2D eigenvalue weighted by Crippen LogP contribution is -2.37. The molecule has 1 saturated heterocycles. The Hall–Kier alpha value is -2.15. The molecule has 0 bridgehead atoms. The van der Waals surface area contributed by atoms with Gasteiger partial charge in [-0.2, -0.15) is 0 Å². The predicted molar refractivity (Wildman–Crippen MR) is 93.5 cm³/mol. The van der Waals surface area contributed by atoms with Crippen LogP contribution in [0.3, 0.4) is 0 Å². The van der Waals surface area contributed by atoms with Crippen molar-refractivity contribution in [2.45, 2.75) is 57.2 Å². The lowest BCUT2D eigenvalue weighted by molar-refractivity contribution is -0.122. The Kier molecular flexibility index (Phi) is 4.57. The molecule has 7 nitrogen and oxygen atoms in total. The Morgan fingerprint density at radius 3 is 2.88 bits per heavy atom. The molecule has 1 saturated carbocycles. The van der Waals surface area contributed by atoms with Gasteiger partial charge < -0.3 is 10.1 Å². The van der Waals surface area contributed by atoms with Crippen LogP contribution in [0.15, 0.2) is 23.1 Å². The molecular weight excluding hydrogens is 320 g/mol. The standard InChI is InChI=1S/C18H24N4O3/c23-16(20-11-14-7-4-10-25-14)12-21-15-8-3-9-19-17(15)22(18(21)24)13-5-1-2-6-13/h3,8-9,13-14H,1-2,4-7,10-12H2,(H,20,23). The van der Waals surface area contributed by atoms with E-state index < -0.39 is 0 Å². The summed E-state index contributed by atoms with van der Waals surface area (Å²) in [6, 6.07) is 3.87. The van der Waals surface area contributed by atoms with Crippen LogP contribution in [0, 0.1) is 0 Å². The number of ether oxygens (including phenoxy) is 1. The van der Waals surface area contributed by atoms with Gasteiger partial charge in [-0.25, -0.2) is 9.78 Å². The van der Waals surface area contributed by atoms with Crippen LogP contribution < -0.4 is 11.0 Å². The quantitative estimate of drug-likeness (QED) is 0.894. The van der Waals surface area contributed by atoms with Crippen molar-refractivity contribution in [2.75, 3.05) is 13.2 Å². The first-order valence-electron chi connectivity index (χ1n) is 9.18. The van der Waals surface area contributed by atoms with Gasteiger partial charge in [0, 0.05) is 25.4 Å². The number of hydrogen-bond acceptors (Lipinski definition) is 4. The first-order chi connectivity index (χ1) is 12.2. The van der Waals surface area contributed by atoms with Crippen molar-refractivity contribution in [3.05, 3.63) is 28.8 Å². The van der Waals surface area contributed by atoms with Crippen LogP contribution in [0.1, 0.15) is 44.6 Å². The third-order valence-corrected chi connectivity index (χ3v) is 5.26. The van der Waals surface area contributed by atoms with Gasteiger partial charge in [0.15, 0.2) is 5.65 Å². The van der Waals surface area contributed by atoms with Crippen molar-refractivity contribution in [1.29, 1.82) is 0 Å². The molecule has 1 unspecified atom stereocenters. The molecule has 1 atom stereocenters. The van der Waals surface area contributed by atoms with E-state index in [0.717, 1.165) is 50.6 Å². The van der Waals surface area contributed by atoms with Crippen molar-refractivity contribution in [3.8, 4) is 0 Å². The van der Waals surface area contributed by atoms with Crippen LogP contribution in [0.5, 0.6) is 0 Å². The summed E-state index contributed by atoms with van der Waals surface area (Å²) in [5.74, 6) is -0.160. The molecule has 2 aromatic rings. The smallest absolute Gasteiger partial charge is 0.331 e. The maximum atomic E-state index is 13.0. The van der Waals surface area contributed by atoms with Crippen molar-refractivity contribution < 1.29 is 9.53 Å². The van der Waals surface area contributed by atoms with Crippen molar-refractivity contribution in [1.82, 2.24) is 19.4 Å². The van der Waals surface area contributed by atoms with Crippen molar-refractivity contribution in [2.24, 2.45) is 0 Å². The van der Waals surface area contributed by atoms with Gasteiger partial charge in [0.2, 0.25) is 5.91 Å². The van der Waals surface area contributed by atoms with Crippen LogP contribution in [0.25, 0.3) is 11.2 Å². The summed E-state index contributed by atoms with van der Waals surface area (Å²) < 4.78 is 8.86. The lowest BCUT2D eigenvalue weighted by atomic mass is 10.2. The van der Waals surface area contributed by atoms with Crippen LogP contribution in [0.2, 0.25) is 0 Å². The van der Waals surface area contributed by atoms with E-state index in [2.05, 4.69) is 10.3 Å². The van der Waals surface area contributed by atoms with E-state index in [1.165, 1.54) is 0 Å². The molecule has 2 aromatic heterocycles. The van der Waals surface area contributed by atoms with Crippen molar-refractivity contribution in [3.63, 3.8) is 0 Å². The summed E-state index contributed by atoms with van der Waals surface area (Å²) in [6.07, 6.45) is 8.10. The number of nitrogens with one attached hydrogen (secondary N) is 1. The van der Waals surface area contributed by atoms with E-state index in [1.54, 1.807) is 15.3 Å². The monoisotopic (exact) mass is 344 g/mol. The predicted octanol–water partition coefficient (Wildman–Crippen LogP) is 1.61. The number of aromatic nitrogens is 3. The SMILES string of the molecule is O=C(Cn1c(=O)n(C2CCCC2)c2ncccc21)NCC1CCCO1. The minimum absolute atomic E-state index is 0.0213. The topological polar surface area (TPSA) is 78.2 Å². The number of rotatable bonds is 5. The van der Waals surface area contributed by atoms with E-state index in [1.807, 2.05) is 12.1 Å². The fourth-order valence-electron chi connectivity index (χ4n) is 3.99. The number of carbonyl (C=O) groups excluding carboxylic acids is 1. The summed E-state index contributed by atoms with van der Waals surface area (Å²) in [7, 11) is 0. The molecule has 0 radical (unpaired) electrons. The van der Waals surface area contributed by atoms with Crippen LogP contribution in [-0.2, 0) is 16.1 Å². The van der Waals surface area contributed by atoms with Gasteiger partial charge in [0.1, 0.15) is 6.54 Å². The third-order valence-electron chi connectivity index (χ3n) is 5.26. The molecule has 134 valence electrons. The minimum Gasteiger partial charge on any atom is -0.376 e. The molecular formula is C18H24N4O3. The second-order valence-corrected chi connectivity index (χ2v) is 6.96. The summed E-state index contributed by atoms with van der Waals surface area (Å²) in [5.41, 5.74) is 1.28. The second-order valence-electron chi connectivity index (χ2n) is 6.96. The molecule has 1 aliphatic heterocycles. The van der Waals surface area contributed by atoms with Gasteiger partial charge in [0.25, 0.3) is 0 Å². The molecule has 0 aromatic carbocycles. The Bertz CT molecular complexity index is 813. The molecule has 25 heavy (non-hydrogen) atoms. The largest absolute Gasteiger partial charge is 0.376 e. The fraction of sp³-hybridized carbons (Fsp3) is 0.611. The molecule has 2 fully saturated rings. The Labute approximate surface area is 146 Å². The minimum atomic E-state index is -0.160. The molecule has 4 rings (SSSR count). The molecule has 1 amide bonds. The van der Waals surface area contributed by atoms with Crippen LogP contribution >= 0.6 is 0 Å². The van der Waals surface area contributed by atoms with E-state index in [0.29, 0.717) is 12.2 Å². The van der Waals surface area contributed by atoms with E-state index in [4.69, 9.17) is 4.74 Å². The number of fused-ring (bicyclic) bond motifs is 1. The summed E-state index contributed by atoms with van der Waals surface area (Å²) >= 11 is 0. The lowest BCUT2D eigenvalue weighted by Gasteiger charge is -2.11. The van der Waals surface area contributed by atoms with Crippen LogP contribution in [0.4, 0.5) is 0 Å². The Morgan fingerprint density at radius 2 is 2.12 bits per heavy atom.